The lowest BCUT2D eigenvalue weighted by molar-refractivity contribution is -0.115. The van der Waals surface area contributed by atoms with E-state index in [0.717, 1.165) is 22.7 Å². The van der Waals surface area contributed by atoms with Crippen LogP contribution in [0.3, 0.4) is 0 Å². The number of ketones is 1. The molecular weight excluding hydrogens is 250 g/mol. The number of para-hydroxylation sites is 2. The fourth-order valence-corrected chi connectivity index (χ4v) is 3.64. The van der Waals surface area contributed by atoms with Gasteiger partial charge in [-0.3, -0.25) is 4.79 Å². The molecule has 2 aliphatic rings. The van der Waals surface area contributed by atoms with Crippen molar-refractivity contribution in [3.05, 3.63) is 35.5 Å². The van der Waals surface area contributed by atoms with E-state index in [1.54, 1.807) is 7.11 Å². The summed E-state index contributed by atoms with van der Waals surface area (Å²) in [5.41, 5.74) is 3.16. The first kappa shape index (κ1) is 13.2. The molecule has 0 spiro atoms. The molecule has 0 bridgehead atoms. The second kappa shape index (κ2) is 4.37. The van der Waals surface area contributed by atoms with E-state index < -0.39 is 0 Å². The Morgan fingerprint density at radius 3 is 2.70 bits per heavy atom. The van der Waals surface area contributed by atoms with Gasteiger partial charge in [0.2, 0.25) is 0 Å². The van der Waals surface area contributed by atoms with Crippen LogP contribution in [0.2, 0.25) is 0 Å². The number of methoxy groups -OCH3 is 1. The third-order valence-corrected chi connectivity index (χ3v) is 4.90. The normalized spacial score (nSPS) is 28.9. The number of carbonyl (C=O) groups is 1. The van der Waals surface area contributed by atoms with Gasteiger partial charge in [-0.15, -0.1) is 0 Å². The highest BCUT2D eigenvalue weighted by Crippen LogP contribution is 2.68. The fraction of sp³-hybridized carbons (Fsp3) is 0.471. The minimum Gasteiger partial charge on any atom is -0.495 e. The lowest BCUT2D eigenvalue weighted by Crippen LogP contribution is -2.12. The molecule has 3 rings (SSSR count). The summed E-state index contributed by atoms with van der Waals surface area (Å²) in [6.45, 7) is 6.51. The molecule has 20 heavy (non-hydrogen) atoms. The Kier molecular flexibility index (Phi) is 2.89. The second-order valence-corrected chi connectivity index (χ2v) is 6.40. The topological polar surface area (TPSA) is 38.3 Å². The van der Waals surface area contributed by atoms with Gasteiger partial charge in [-0.1, -0.05) is 26.0 Å². The highest BCUT2D eigenvalue weighted by atomic mass is 16.5. The first-order chi connectivity index (χ1) is 9.46. The number of benzene rings is 1. The number of fused-ring (bicyclic) bond motifs is 1. The number of allylic oxidation sites excluding steroid dienone is 2. The third kappa shape index (κ3) is 1.84. The SMILES string of the molecule is COc1ccccc1NC(C)=C1C(=O)CC2C1C2(C)C. The van der Waals surface area contributed by atoms with Gasteiger partial charge in [0.05, 0.1) is 12.8 Å². The van der Waals surface area contributed by atoms with Crippen LogP contribution < -0.4 is 10.1 Å². The number of hydrogen-bond donors (Lipinski definition) is 1. The van der Waals surface area contributed by atoms with Crippen LogP contribution in [0.4, 0.5) is 5.69 Å². The van der Waals surface area contributed by atoms with E-state index in [1.807, 2.05) is 31.2 Å². The first-order valence-electron chi connectivity index (χ1n) is 7.11. The van der Waals surface area contributed by atoms with Gasteiger partial charge in [0.1, 0.15) is 5.75 Å². The van der Waals surface area contributed by atoms with E-state index in [0.29, 0.717) is 24.0 Å². The van der Waals surface area contributed by atoms with Crippen molar-refractivity contribution in [2.75, 3.05) is 12.4 Å². The zero-order valence-electron chi connectivity index (χ0n) is 12.5. The molecule has 2 saturated carbocycles. The lowest BCUT2D eigenvalue weighted by Gasteiger charge is -2.16. The van der Waals surface area contributed by atoms with E-state index in [9.17, 15) is 4.79 Å². The molecule has 3 nitrogen and oxygen atoms in total. The van der Waals surface area contributed by atoms with Crippen LogP contribution in [-0.4, -0.2) is 12.9 Å². The Morgan fingerprint density at radius 1 is 1.35 bits per heavy atom. The Labute approximate surface area is 120 Å². The summed E-state index contributed by atoms with van der Waals surface area (Å²) >= 11 is 0. The molecule has 1 N–H and O–H groups in total. The quantitative estimate of drug-likeness (QED) is 0.853. The Balaban J connectivity index is 1.91. The molecule has 2 aliphatic carbocycles. The number of rotatable bonds is 3. The van der Waals surface area contributed by atoms with E-state index in [1.165, 1.54) is 0 Å². The van der Waals surface area contributed by atoms with Gasteiger partial charge < -0.3 is 10.1 Å². The maximum atomic E-state index is 12.2. The van der Waals surface area contributed by atoms with Crippen LogP contribution in [0, 0.1) is 17.3 Å². The lowest BCUT2D eigenvalue weighted by atomic mass is 9.95. The van der Waals surface area contributed by atoms with Gasteiger partial charge in [0.25, 0.3) is 0 Å². The molecule has 1 aromatic carbocycles. The molecule has 106 valence electrons. The van der Waals surface area contributed by atoms with Gasteiger partial charge in [0, 0.05) is 17.7 Å². The van der Waals surface area contributed by atoms with Crippen LogP contribution in [0.15, 0.2) is 35.5 Å². The maximum Gasteiger partial charge on any atom is 0.161 e. The van der Waals surface area contributed by atoms with Crippen LogP contribution in [0.25, 0.3) is 0 Å². The number of anilines is 1. The van der Waals surface area contributed by atoms with Gasteiger partial charge in [-0.25, -0.2) is 0 Å². The average molecular weight is 271 g/mol. The first-order valence-corrected chi connectivity index (χ1v) is 7.11. The van der Waals surface area contributed by atoms with Crippen LogP contribution >= 0.6 is 0 Å². The summed E-state index contributed by atoms with van der Waals surface area (Å²) in [6, 6.07) is 7.79. The van der Waals surface area contributed by atoms with Crippen LogP contribution in [0.1, 0.15) is 27.2 Å². The molecule has 2 fully saturated rings. The molecule has 1 aromatic rings. The number of carbonyl (C=O) groups excluding carboxylic acids is 1. The van der Waals surface area contributed by atoms with Crippen molar-refractivity contribution in [1.29, 1.82) is 0 Å². The number of hydrogen-bond acceptors (Lipinski definition) is 3. The van der Waals surface area contributed by atoms with Gasteiger partial charge in [-0.2, -0.15) is 0 Å². The summed E-state index contributed by atoms with van der Waals surface area (Å²) in [6.07, 6.45) is 0.706. The minimum absolute atomic E-state index is 0.285. The van der Waals surface area contributed by atoms with Crippen molar-refractivity contribution in [3.8, 4) is 5.75 Å². The van der Waals surface area contributed by atoms with Gasteiger partial charge in [0.15, 0.2) is 5.78 Å². The summed E-state index contributed by atoms with van der Waals surface area (Å²) in [4.78, 5) is 12.2. The fourth-order valence-electron chi connectivity index (χ4n) is 3.64. The largest absolute Gasteiger partial charge is 0.495 e. The summed E-state index contributed by atoms with van der Waals surface area (Å²) in [7, 11) is 1.66. The van der Waals surface area contributed by atoms with E-state index in [2.05, 4.69) is 19.2 Å². The van der Waals surface area contributed by atoms with Crippen molar-refractivity contribution in [2.45, 2.75) is 27.2 Å². The van der Waals surface area contributed by atoms with Crippen molar-refractivity contribution in [1.82, 2.24) is 0 Å². The van der Waals surface area contributed by atoms with Crippen LogP contribution in [-0.2, 0) is 4.79 Å². The molecule has 0 aromatic heterocycles. The van der Waals surface area contributed by atoms with E-state index in [4.69, 9.17) is 4.74 Å². The standard InChI is InChI=1S/C17H21NO2/c1-10(18-12-7-5-6-8-14(12)20-4)15-13(19)9-11-16(15)17(11,2)3/h5-8,11,16,18H,9H2,1-4H3. The predicted octanol–water partition coefficient (Wildman–Crippen LogP) is 3.63. The summed E-state index contributed by atoms with van der Waals surface area (Å²) in [5.74, 6) is 2.07. The number of ether oxygens (including phenoxy) is 1. The van der Waals surface area contributed by atoms with Gasteiger partial charge in [-0.05, 0) is 36.3 Å². The molecule has 2 unspecified atom stereocenters. The van der Waals surface area contributed by atoms with E-state index in [-0.39, 0.29) is 5.41 Å². The molecule has 0 amide bonds. The Morgan fingerprint density at radius 2 is 2.05 bits per heavy atom. The molecule has 0 aliphatic heterocycles. The highest BCUT2D eigenvalue weighted by molar-refractivity contribution is 6.01. The minimum atomic E-state index is 0.285. The predicted molar refractivity (Wildman–Crippen MR) is 79.7 cm³/mol. The molecule has 0 saturated heterocycles. The summed E-state index contributed by atoms with van der Waals surface area (Å²) in [5, 5.41) is 3.36. The third-order valence-electron chi connectivity index (χ3n) is 4.90. The Hall–Kier alpha value is -1.77. The molecule has 3 heteroatoms. The smallest absolute Gasteiger partial charge is 0.161 e. The molecular formula is C17H21NO2. The Bertz CT molecular complexity index is 601. The zero-order valence-corrected chi connectivity index (χ0v) is 12.5. The van der Waals surface area contributed by atoms with Crippen molar-refractivity contribution < 1.29 is 9.53 Å². The number of Topliss-reactive ketones (excluding diaryl/α,β-unsaturated/α-hetero) is 1. The summed E-state index contributed by atoms with van der Waals surface area (Å²) < 4.78 is 5.34. The van der Waals surface area contributed by atoms with E-state index >= 15 is 0 Å². The average Bonchev–Trinajstić information content (AvgIpc) is 2.78. The molecule has 0 heterocycles. The monoisotopic (exact) mass is 271 g/mol. The maximum absolute atomic E-state index is 12.2. The van der Waals surface area contributed by atoms with Crippen molar-refractivity contribution >= 4 is 11.5 Å². The highest BCUT2D eigenvalue weighted by Gasteiger charge is 2.65. The molecule has 0 radical (unpaired) electrons. The molecule has 2 atom stereocenters. The van der Waals surface area contributed by atoms with Crippen molar-refractivity contribution in [3.63, 3.8) is 0 Å². The van der Waals surface area contributed by atoms with Crippen molar-refractivity contribution in [2.24, 2.45) is 17.3 Å². The van der Waals surface area contributed by atoms with Crippen LogP contribution in [0.5, 0.6) is 5.75 Å². The zero-order chi connectivity index (χ0) is 14.5. The second-order valence-electron chi connectivity index (χ2n) is 6.40. The number of nitrogens with one attached hydrogen (secondary N) is 1. The van der Waals surface area contributed by atoms with Gasteiger partial charge >= 0.3 is 0 Å².